The van der Waals surface area contributed by atoms with Gasteiger partial charge in [0, 0.05) is 19.4 Å². The number of aromatic hydroxyl groups is 2. The van der Waals surface area contributed by atoms with Crippen molar-refractivity contribution in [1.29, 1.82) is 0 Å². The lowest BCUT2D eigenvalue weighted by Crippen LogP contribution is -2.19. The smallest absolute Gasteiger partial charge is 0.302 e. The summed E-state index contributed by atoms with van der Waals surface area (Å²) in [4.78, 5) is 11.3. The van der Waals surface area contributed by atoms with E-state index in [2.05, 4.69) is 6.92 Å². The number of phenols is 2. The number of rotatable bonds is 13. The minimum atomic E-state index is -0.287. The summed E-state index contributed by atoms with van der Waals surface area (Å²) in [6.45, 7) is 3.65. The topological polar surface area (TPSA) is 66.8 Å². The molecule has 1 rings (SSSR count). The van der Waals surface area contributed by atoms with Crippen molar-refractivity contribution in [3.8, 4) is 11.5 Å². The molecule has 0 unspecified atom stereocenters. The molecule has 4 nitrogen and oxygen atoms in total. The minimum Gasteiger partial charge on any atom is -0.508 e. The summed E-state index contributed by atoms with van der Waals surface area (Å²) < 4.78 is 5.40. The van der Waals surface area contributed by atoms with E-state index in [0.29, 0.717) is 6.42 Å². The fourth-order valence-corrected chi connectivity index (χ4v) is 3.16. The van der Waals surface area contributed by atoms with E-state index in [0.717, 1.165) is 24.8 Å². The van der Waals surface area contributed by atoms with Gasteiger partial charge in [0.2, 0.25) is 0 Å². The van der Waals surface area contributed by atoms with Gasteiger partial charge >= 0.3 is 5.97 Å². The van der Waals surface area contributed by atoms with E-state index in [-0.39, 0.29) is 23.6 Å². The molecule has 0 bridgehead atoms. The first-order valence-electron chi connectivity index (χ1n) is 9.70. The number of esters is 1. The van der Waals surface area contributed by atoms with Crippen LogP contribution in [0.4, 0.5) is 0 Å². The molecule has 1 aromatic rings. The van der Waals surface area contributed by atoms with Gasteiger partial charge in [-0.15, -0.1) is 0 Å². The first-order chi connectivity index (χ1) is 12.0. The van der Waals surface area contributed by atoms with Crippen molar-refractivity contribution in [3.63, 3.8) is 0 Å². The Bertz CT molecular complexity index is 478. The predicted molar refractivity (Wildman–Crippen MR) is 101 cm³/mol. The van der Waals surface area contributed by atoms with Crippen LogP contribution >= 0.6 is 0 Å². The van der Waals surface area contributed by atoms with Crippen LogP contribution in [0.2, 0.25) is 0 Å². The minimum absolute atomic E-state index is 0.0275. The number of hydrogen-bond acceptors (Lipinski definition) is 4. The summed E-state index contributed by atoms with van der Waals surface area (Å²) in [5.41, 5.74) is 0.777. The van der Waals surface area contributed by atoms with E-state index in [1.54, 1.807) is 12.1 Å². The third-order valence-electron chi connectivity index (χ3n) is 4.39. The number of carbonyl (C=O) groups is 1. The Morgan fingerprint density at radius 2 is 1.44 bits per heavy atom. The maximum absolute atomic E-state index is 11.3. The Balaban J connectivity index is 2.30. The van der Waals surface area contributed by atoms with Gasteiger partial charge in [0.15, 0.2) is 0 Å². The second-order valence-electron chi connectivity index (χ2n) is 6.91. The molecule has 0 aromatic heterocycles. The predicted octanol–water partition coefficient (Wildman–Crippen LogP) is 5.49. The van der Waals surface area contributed by atoms with E-state index in [1.165, 1.54) is 57.9 Å². The number of benzene rings is 1. The molecule has 0 aliphatic heterocycles. The van der Waals surface area contributed by atoms with Crippen molar-refractivity contribution in [2.45, 2.75) is 90.6 Å². The average Bonchev–Trinajstić information content (AvgIpc) is 2.51. The monoisotopic (exact) mass is 350 g/mol. The zero-order valence-electron chi connectivity index (χ0n) is 15.8. The van der Waals surface area contributed by atoms with Gasteiger partial charge in [-0.25, -0.2) is 0 Å². The molecular weight excluding hydrogens is 316 g/mol. The molecule has 0 amide bonds. The Kier molecular flexibility index (Phi) is 10.8. The van der Waals surface area contributed by atoms with E-state index in [1.807, 2.05) is 0 Å². The SMILES string of the molecule is CCCCCCCCCCC[C@H](Cc1cc(O)cc(O)c1)OC(C)=O. The van der Waals surface area contributed by atoms with Gasteiger partial charge in [0.05, 0.1) is 0 Å². The van der Waals surface area contributed by atoms with E-state index in [4.69, 9.17) is 4.74 Å². The molecule has 4 heteroatoms. The molecule has 0 fully saturated rings. The van der Waals surface area contributed by atoms with Gasteiger partial charge in [-0.1, -0.05) is 58.3 Å². The molecule has 0 saturated carbocycles. The second-order valence-corrected chi connectivity index (χ2v) is 6.91. The van der Waals surface area contributed by atoms with Crippen molar-refractivity contribution >= 4 is 5.97 Å². The number of phenolic OH excluding ortho intramolecular Hbond substituents is 2. The molecule has 142 valence electrons. The van der Waals surface area contributed by atoms with Crippen LogP contribution in [0.3, 0.4) is 0 Å². The van der Waals surface area contributed by atoms with Crippen LogP contribution in [0.15, 0.2) is 18.2 Å². The van der Waals surface area contributed by atoms with Gasteiger partial charge in [-0.3, -0.25) is 4.79 Å². The lowest BCUT2D eigenvalue weighted by molar-refractivity contribution is -0.146. The maximum atomic E-state index is 11.3. The fraction of sp³-hybridized carbons (Fsp3) is 0.667. The Morgan fingerprint density at radius 1 is 0.920 bits per heavy atom. The first kappa shape index (κ1) is 21.3. The third kappa shape index (κ3) is 10.7. The standard InChI is InChI=1S/C21H34O4/c1-3-4-5-6-7-8-9-10-11-12-21(25-17(2)22)15-18-13-19(23)16-20(24)14-18/h13-14,16,21,23-24H,3-12,15H2,1-2H3/t21-/m1/s1. The molecule has 0 saturated heterocycles. The van der Waals surface area contributed by atoms with Crippen molar-refractivity contribution in [2.75, 3.05) is 0 Å². The van der Waals surface area contributed by atoms with Crippen molar-refractivity contribution in [1.82, 2.24) is 0 Å². The Hall–Kier alpha value is -1.71. The van der Waals surface area contributed by atoms with Gasteiger partial charge < -0.3 is 14.9 Å². The molecule has 0 spiro atoms. The largest absolute Gasteiger partial charge is 0.508 e. The van der Waals surface area contributed by atoms with Crippen LogP contribution in [0.25, 0.3) is 0 Å². The van der Waals surface area contributed by atoms with Crippen LogP contribution in [-0.2, 0) is 16.0 Å². The van der Waals surface area contributed by atoms with Gasteiger partial charge in [0.25, 0.3) is 0 Å². The summed E-state index contributed by atoms with van der Waals surface area (Å²) in [7, 11) is 0. The molecule has 0 aliphatic rings. The highest BCUT2D eigenvalue weighted by Crippen LogP contribution is 2.23. The Labute approximate surface area is 152 Å². The van der Waals surface area contributed by atoms with Gasteiger partial charge in [-0.05, 0) is 30.5 Å². The van der Waals surface area contributed by atoms with Crippen molar-refractivity contribution in [3.05, 3.63) is 23.8 Å². The normalized spacial score (nSPS) is 12.1. The highest BCUT2D eigenvalue weighted by atomic mass is 16.5. The van der Waals surface area contributed by atoms with Crippen LogP contribution in [0.5, 0.6) is 11.5 Å². The number of carbonyl (C=O) groups excluding carboxylic acids is 1. The van der Waals surface area contributed by atoms with Crippen LogP contribution in [0.1, 0.15) is 83.6 Å². The zero-order valence-corrected chi connectivity index (χ0v) is 15.8. The summed E-state index contributed by atoms with van der Waals surface area (Å²) in [6, 6.07) is 4.50. The van der Waals surface area contributed by atoms with Crippen LogP contribution in [-0.4, -0.2) is 22.3 Å². The van der Waals surface area contributed by atoms with E-state index in [9.17, 15) is 15.0 Å². The molecule has 0 radical (unpaired) electrons. The lowest BCUT2D eigenvalue weighted by Gasteiger charge is -2.17. The lowest BCUT2D eigenvalue weighted by atomic mass is 10.0. The summed E-state index contributed by atoms with van der Waals surface area (Å²) in [5, 5.41) is 19.1. The van der Waals surface area contributed by atoms with E-state index >= 15 is 0 Å². The van der Waals surface area contributed by atoms with Crippen molar-refractivity contribution in [2.24, 2.45) is 0 Å². The average molecular weight is 350 g/mol. The third-order valence-corrected chi connectivity index (χ3v) is 4.39. The quantitative estimate of drug-likeness (QED) is 0.364. The summed E-state index contributed by atoms with van der Waals surface area (Å²) in [5.74, 6) is -0.232. The molecule has 0 aliphatic carbocycles. The molecular formula is C21H34O4. The van der Waals surface area contributed by atoms with Crippen LogP contribution in [0, 0.1) is 0 Å². The molecule has 1 atom stereocenters. The first-order valence-corrected chi connectivity index (χ1v) is 9.70. The molecule has 2 N–H and O–H groups in total. The van der Waals surface area contributed by atoms with Crippen molar-refractivity contribution < 1.29 is 19.7 Å². The van der Waals surface area contributed by atoms with Crippen LogP contribution < -0.4 is 0 Å². The number of hydrogen-bond donors (Lipinski definition) is 2. The van der Waals surface area contributed by atoms with Gasteiger partial charge in [-0.2, -0.15) is 0 Å². The van der Waals surface area contributed by atoms with Gasteiger partial charge in [0.1, 0.15) is 17.6 Å². The fourth-order valence-electron chi connectivity index (χ4n) is 3.16. The maximum Gasteiger partial charge on any atom is 0.302 e. The number of ether oxygens (including phenoxy) is 1. The molecule has 0 heterocycles. The molecule has 25 heavy (non-hydrogen) atoms. The summed E-state index contributed by atoms with van der Waals surface area (Å²) in [6.07, 6.45) is 12.4. The highest BCUT2D eigenvalue weighted by molar-refractivity contribution is 5.66. The molecule has 1 aromatic carbocycles. The second kappa shape index (κ2) is 12.6. The highest BCUT2D eigenvalue weighted by Gasteiger charge is 2.14. The zero-order chi connectivity index (χ0) is 18.5. The number of unbranched alkanes of at least 4 members (excludes halogenated alkanes) is 8. The Morgan fingerprint density at radius 3 is 1.96 bits per heavy atom. The summed E-state index contributed by atoms with van der Waals surface area (Å²) >= 11 is 0. The van der Waals surface area contributed by atoms with E-state index < -0.39 is 0 Å².